The Balaban J connectivity index is 1.74. The van der Waals surface area contributed by atoms with Crippen LogP contribution in [0.25, 0.3) is 0 Å². The highest BCUT2D eigenvalue weighted by Crippen LogP contribution is 2.35. The Labute approximate surface area is 120 Å². The number of thioether (sulfide) groups is 1. The molecule has 1 atom stereocenters. The van der Waals surface area contributed by atoms with E-state index in [4.69, 9.17) is 22.7 Å². The van der Waals surface area contributed by atoms with Crippen molar-refractivity contribution in [2.24, 2.45) is 5.73 Å². The van der Waals surface area contributed by atoms with Crippen LogP contribution >= 0.6 is 24.0 Å². The maximum absolute atomic E-state index is 5.90. The summed E-state index contributed by atoms with van der Waals surface area (Å²) in [4.78, 5) is 3.22. The van der Waals surface area contributed by atoms with Gasteiger partial charge in [0.2, 0.25) is 0 Å². The average Bonchev–Trinajstić information content (AvgIpc) is 2.90. The fourth-order valence-corrected chi connectivity index (χ4v) is 4.13. The highest BCUT2D eigenvalue weighted by atomic mass is 32.2. The number of piperidine rings is 1. The molecular weight excluding hydrogens is 264 g/mol. The molecule has 18 heavy (non-hydrogen) atoms. The minimum Gasteiger partial charge on any atom is -0.392 e. The van der Waals surface area contributed by atoms with Gasteiger partial charge in [0, 0.05) is 13.2 Å². The summed E-state index contributed by atoms with van der Waals surface area (Å²) >= 11 is 7.07. The fraction of sp³-hybridized carbons (Fsp3) is 0.923. The van der Waals surface area contributed by atoms with Crippen LogP contribution in [0, 0.1) is 0 Å². The topological polar surface area (TPSA) is 38.5 Å². The molecular formula is C13H24N2OS2. The van der Waals surface area contributed by atoms with Gasteiger partial charge in [0.25, 0.3) is 0 Å². The summed E-state index contributed by atoms with van der Waals surface area (Å²) in [5.74, 6) is 0. The molecule has 1 unspecified atom stereocenters. The molecule has 104 valence electrons. The molecule has 0 aliphatic carbocycles. The van der Waals surface area contributed by atoms with Crippen LogP contribution in [0.5, 0.6) is 0 Å². The van der Waals surface area contributed by atoms with Gasteiger partial charge in [-0.1, -0.05) is 12.2 Å². The monoisotopic (exact) mass is 288 g/mol. The van der Waals surface area contributed by atoms with Crippen molar-refractivity contribution < 1.29 is 4.74 Å². The molecule has 5 heteroatoms. The predicted octanol–water partition coefficient (Wildman–Crippen LogP) is 2.04. The predicted molar refractivity (Wildman–Crippen MR) is 82.3 cm³/mol. The van der Waals surface area contributed by atoms with E-state index >= 15 is 0 Å². The van der Waals surface area contributed by atoms with Crippen LogP contribution in [-0.4, -0.2) is 53.2 Å². The summed E-state index contributed by atoms with van der Waals surface area (Å²) < 4.78 is 5.72. The number of likely N-dealkylation sites (tertiary alicyclic amines) is 1. The Morgan fingerprint density at radius 2 is 2.22 bits per heavy atom. The van der Waals surface area contributed by atoms with E-state index in [-0.39, 0.29) is 4.75 Å². The third kappa shape index (κ3) is 3.38. The molecule has 2 saturated heterocycles. The van der Waals surface area contributed by atoms with Crippen molar-refractivity contribution in [2.45, 2.75) is 43.0 Å². The van der Waals surface area contributed by atoms with Crippen molar-refractivity contribution >= 4 is 29.0 Å². The summed E-state index contributed by atoms with van der Waals surface area (Å²) in [6, 6.07) is 0. The summed E-state index contributed by atoms with van der Waals surface area (Å²) in [7, 11) is 0. The van der Waals surface area contributed by atoms with Gasteiger partial charge >= 0.3 is 0 Å². The molecule has 3 nitrogen and oxygen atoms in total. The van der Waals surface area contributed by atoms with Crippen molar-refractivity contribution in [3.8, 4) is 0 Å². The Hall–Kier alpha value is 0.160. The van der Waals surface area contributed by atoms with Crippen LogP contribution in [0.2, 0.25) is 0 Å². The van der Waals surface area contributed by atoms with E-state index < -0.39 is 0 Å². The molecule has 0 aromatic rings. The molecule has 0 aromatic heterocycles. The molecule has 2 heterocycles. The quantitative estimate of drug-likeness (QED) is 0.784. The summed E-state index contributed by atoms with van der Waals surface area (Å²) in [6.45, 7) is 4.35. The lowest BCUT2D eigenvalue weighted by Crippen LogP contribution is -2.49. The fourth-order valence-electron chi connectivity index (χ4n) is 2.89. The number of nitrogens with two attached hydrogens (primary N) is 1. The van der Waals surface area contributed by atoms with Gasteiger partial charge in [-0.2, -0.15) is 11.8 Å². The molecule has 0 aromatic carbocycles. The largest absolute Gasteiger partial charge is 0.392 e. The van der Waals surface area contributed by atoms with Crippen LogP contribution in [-0.2, 0) is 4.74 Å². The summed E-state index contributed by atoms with van der Waals surface area (Å²) in [6.07, 6.45) is 8.48. The van der Waals surface area contributed by atoms with Crippen LogP contribution in [0.15, 0.2) is 0 Å². The zero-order chi connectivity index (χ0) is 13.0. The van der Waals surface area contributed by atoms with Gasteiger partial charge in [-0.05, 0) is 51.4 Å². The molecule has 0 bridgehead atoms. The first-order valence-electron chi connectivity index (χ1n) is 6.85. The number of nitrogens with zero attached hydrogens (tertiary/aromatic N) is 1. The number of hydrogen-bond acceptors (Lipinski definition) is 4. The molecule has 2 fully saturated rings. The van der Waals surface area contributed by atoms with E-state index in [2.05, 4.69) is 11.2 Å². The van der Waals surface area contributed by atoms with E-state index in [0.29, 0.717) is 11.1 Å². The molecule has 2 aliphatic heterocycles. The second-order valence-corrected chi connectivity index (χ2v) is 6.96. The maximum atomic E-state index is 5.90. The van der Waals surface area contributed by atoms with Crippen molar-refractivity contribution in [2.75, 3.05) is 32.5 Å². The zero-order valence-electron chi connectivity index (χ0n) is 11.2. The molecule has 0 spiro atoms. The van der Waals surface area contributed by atoms with Gasteiger partial charge < -0.3 is 15.4 Å². The third-order valence-electron chi connectivity index (χ3n) is 4.29. The van der Waals surface area contributed by atoms with Gasteiger partial charge in [-0.15, -0.1) is 0 Å². The number of thiocarbonyl (C=S) groups is 1. The smallest absolute Gasteiger partial charge is 0.0891 e. The van der Waals surface area contributed by atoms with Crippen molar-refractivity contribution in [1.82, 2.24) is 4.90 Å². The highest BCUT2D eigenvalue weighted by Gasteiger charge is 2.36. The van der Waals surface area contributed by atoms with Crippen molar-refractivity contribution in [3.05, 3.63) is 0 Å². The SMILES string of the molecule is CSC1(C(N)=S)CCN(CCC2CCCO2)CC1. The lowest BCUT2D eigenvalue weighted by molar-refractivity contribution is 0.0883. The van der Waals surface area contributed by atoms with Gasteiger partial charge in [0.15, 0.2) is 0 Å². The van der Waals surface area contributed by atoms with Gasteiger partial charge in [-0.25, -0.2) is 0 Å². The van der Waals surface area contributed by atoms with E-state index in [0.717, 1.165) is 39.1 Å². The van der Waals surface area contributed by atoms with Crippen LogP contribution in [0.3, 0.4) is 0 Å². The van der Waals surface area contributed by atoms with E-state index in [9.17, 15) is 0 Å². The van der Waals surface area contributed by atoms with Crippen LogP contribution < -0.4 is 5.73 Å². The molecule has 0 saturated carbocycles. The average molecular weight is 288 g/mol. The van der Waals surface area contributed by atoms with Gasteiger partial charge in [-0.3, -0.25) is 0 Å². The first-order valence-corrected chi connectivity index (χ1v) is 8.48. The Morgan fingerprint density at radius 1 is 1.50 bits per heavy atom. The highest BCUT2D eigenvalue weighted by molar-refractivity contribution is 8.02. The minimum atomic E-state index is 0.0513. The molecule has 2 N–H and O–H groups in total. The first-order chi connectivity index (χ1) is 8.66. The third-order valence-corrected chi connectivity index (χ3v) is 6.22. The lowest BCUT2D eigenvalue weighted by Gasteiger charge is -2.40. The Bertz CT molecular complexity index is 285. The standard InChI is InChI=1S/C13H24N2OS2/c1-18-13(12(14)17)5-8-15(9-6-13)7-4-11-3-2-10-16-11/h11H,2-10H2,1H3,(H2,14,17). The Kier molecular flexibility index (Phi) is 5.30. The number of hydrogen-bond donors (Lipinski definition) is 1. The molecule has 0 radical (unpaired) electrons. The van der Waals surface area contributed by atoms with Crippen LogP contribution in [0.1, 0.15) is 32.1 Å². The molecule has 2 rings (SSSR count). The molecule has 0 amide bonds. The van der Waals surface area contributed by atoms with E-state index in [1.165, 1.54) is 19.3 Å². The van der Waals surface area contributed by atoms with E-state index in [1.807, 2.05) is 11.8 Å². The number of rotatable bonds is 5. The number of ether oxygens (including phenoxy) is 1. The summed E-state index contributed by atoms with van der Waals surface area (Å²) in [5, 5.41) is 0. The van der Waals surface area contributed by atoms with E-state index in [1.54, 1.807) is 0 Å². The second kappa shape index (κ2) is 6.55. The van der Waals surface area contributed by atoms with Crippen LogP contribution in [0.4, 0.5) is 0 Å². The normalized spacial score (nSPS) is 28.4. The van der Waals surface area contributed by atoms with Gasteiger partial charge in [0.1, 0.15) is 0 Å². The first kappa shape index (κ1) is 14.6. The Morgan fingerprint density at radius 3 is 2.72 bits per heavy atom. The van der Waals surface area contributed by atoms with Crippen molar-refractivity contribution in [1.29, 1.82) is 0 Å². The lowest BCUT2D eigenvalue weighted by atomic mass is 9.95. The zero-order valence-corrected chi connectivity index (χ0v) is 12.8. The second-order valence-electron chi connectivity index (χ2n) is 5.33. The molecule has 2 aliphatic rings. The van der Waals surface area contributed by atoms with Crippen molar-refractivity contribution in [3.63, 3.8) is 0 Å². The maximum Gasteiger partial charge on any atom is 0.0891 e. The summed E-state index contributed by atoms with van der Waals surface area (Å²) in [5.41, 5.74) is 5.90. The van der Waals surface area contributed by atoms with Gasteiger partial charge in [0.05, 0.1) is 15.8 Å². The minimum absolute atomic E-state index is 0.0513.